The molecular formula is C16H25N3O2. The van der Waals surface area contributed by atoms with Crippen molar-refractivity contribution < 1.29 is 9.59 Å². The Morgan fingerprint density at radius 3 is 2.33 bits per heavy atom. The molecule has 21 heavy (non-hydrogen) atoms. The summed E-state index contributed by atoms with van der Waals surface area (Å²) in [5, 5.41) is 2.76. The molecule has 0 heterocycles. The van der Waals surface area contributed by atoms with Crippen LogP contribution < -0.4 is 10.2 Å². The van der Waals surface area contributed by atoms with Crippen LogP contribution in [0.3, 0.4) is 0 Å². The molecule has 5 nitrogen and oxygen atoms in total. The first-order valence-corrected chi connectivity index (χ1v) is 7.34. The number of benzene rings is 1. The lowest BCUT2D eigenvalue weighted by Crippen LogP contribution is -2.49. The largest absolute Gasteiger partial charge is 0.355 e. The van der Waals surface area contributed by atoms with E-state index >= 15 is 0 Å². The summed E-state index contributed by atoms with van der Waals surface area (Å²) in [6.07, 6.45) is 0. The van der Waals surface area contributed by atoms with E-state index in [1.165, 1.54) is 0 Å². The number of carbonyl (C=O) groups excluding carboxylic acids is 2. The fraction of sp³-hybridized carbons (Fsp3) is 0.500. The molecule has 0 aromatic heterocycles. The number of para-hydroxylation sites is 1. The Kier molecular flexibility index (Phi) is 6.88. The monoisotopic (exact) mass is 291 g/mol. The number of nitrogens with zero attached hydrogens (tertiary/aromatic N) is 2. The van der Waals surface area contributed by atoms with Crippen LogP contribution in [0.4, 0.5) is 5.69 Å². The predicted molar refractivity (Wildman–Crippen MR) is 85.2 cm³/mol. The predicted octanol–water partition coefficient (Wildman–Crippen LogP) is 1.50. The molecule has 5 heteroatoms. The van der Waals surface area contributed by atoms with Crippen molar-refractivity contribution >= 4 is 17.5 Å². The van der Waals surface area contributed by atoms with Crippen LogP contribution in [0.2, 0.25) is 0 Å². The van der Waals surface area contributed by atoms with Crippen molar-refractivity contribution in [1.29, 1.82) is 0 Å². The van der Waals surface area contributed by atoms with Crippen LogP contribution in [0.1, 0.15) is 20.8 Å². The van der Waals surface area contributed by atoms with E-state index in [1.54, 1.807) is 11.9 Å². The summed E-state index contributed by atoms with van der Waals surface area (Å²) in [7, 11) is 1.76. The molecule has 1 rings (SSSR count). The van der Waals surface area contributed by atoms with Gasteiger partial charge in [0.2, 0.25) is 11.8 Å². The Morgan fingerprint density at radius 1 is 1.19 bits per heavy atom. The summed E-state index contributed by atoms with van der Waals surface area (Å²) in [4.78, 5) is 27.7. The maximum Gasteiger partial charge on any atom is 0.243 e. The molecule has 0 bridgehead atoms. The van der Waals surface area contributed by atoms with E-state index in [0.29, 0.717) is 13.1 Å². The van der Waals surface area contributed by atoms with Crippen molar-refractivity contribution in [3.05, 3.63) is 30.3 Å². The van der Waals surface area contributed by atoms with Crippen LogP contribution in [-0.4, -0.2) is 49.4 Å². The quantitative estimate of drug-likeness (QED) is 0.828. The number of rotatable bonds is 7. The van der Waals surface area contributed by atoms with Crippen LogP contribution in [0.15, 0.2) is 30.3 Å². The SMILES string of the molecule is CCNC(=O)CN(CC)[C@H](C)C(=O)N(C)c1ccccc1. The van der Waals surface area contributed by atoms with E-state index in [2.05, 4.69) is 5.32 Å². The number of hydrogen-bond acceptors (Lipinski definition) is 3. The maximum atomic E-state index is 12.5. The van der Waals surface area contributed by atoms with Gasteiger partial charge in [0.1, 0.15) is 0 Å². The molecule has 0 spiro atoms. The van der Waals surface area contributed by atoms with E-state index in [0.717, 1.165) is 5.69 Å². The minimum atomic E-state index is -0.345. The van der Waals surface area contributed by atoms with Gasteiger partial charge in [0.25, 0.3) is 0 Å². The molecule has 0 aliphatic heterocycles. The van der Waals surface area contributed by atoms with E-state index < -0.39 is 0 Å². The molecule has 1 atom stereocenters. The van der Waals surface area contributed by atoms with Gasteiger partial charge in [-0.15, -0.1) is 0 Å². The van der Waals surface area contributed by atoms with Gasteiger partial charge in [0, 0.05) is 19.3 Å². The molecule has 0 aliphatic rings. The fourth-order valence-corrected chi connectivity index (χ4v) is 2.18. The van der Waals surface area contributed by atoms with Gasteiger partial charge in [-0.3, -0.25) is 14.5 Å². The van der Waals surface area contributed by atoms with Crippen molar-refractivity contribution in [2.24, 2.45) is 0 Å². The third-order valence-electron chi connectivity index (χ3n) is 3.51. The van der Waals surface area contributed by atoms with E-state index in [-0.39, 0.29) is 24.4 Å². The zero-order valence-corrected chi connectivity index (χ0v) is 13.3. The lowest BCUT2D eigenvalue weighted by Gasteiger charge is -2.29. The topological polar surface area (TPSA) is 52.7 Å². The van der Waals surface area contributed by atoms with E-state index in [4.69, 9.17) is 0 Å². The fourth-order valence-electron chi connectivity index (χ4n) is 2.18. The van der Waals surface area contributed by atoms with Crippen molar-refractivity contribution in [3.63, 3.8) is 0 Å². The molecule has 0 unspecified atom stereocenters. The second-order valence-electron chi connectivity index (χ2n) is 4.93. The first-order valence-electron chi connectivity index (χ1n) is 7.34. The second kappa shape index (κ2) is 8.42. The van der Waals surface area contributed by atoms with Crippen LogP contribution in [-0.2, 0) is 9.59 Å². The molecule has 0 saturated carbocycles. The molecule has 116 valence electrons. The third-order valence-corrected chi connectivity index (χ3v) is 3.51. The Balaban J connectivity index is 2.72. The molecule has 0 radical (unpaired) electrons. The van der Waals surface area contributed by atoms with E-state index in [9.17, 15) is 9.59 Å². The molecule has 1 aromatic rings. The molecule has 2 amide bonds. The van der Waals surface area contributed by atoms with Gasteiger partial charge < -0.3 is 10.2 Å². The van der Waals surface area contributed by atoms with Crippen molar-refractivity contribution in [1.82, 2.24) is 10.2 Å². The normalized spacial score (nSPS) is 12.0. The molecular weight excluding hydrogens is 266 g/mol. The number of anilines is 1. The highest BCUT2D eigenvalue weighted by Crippen LogP contribution is 2.14. The van der Waals surface area contributed by atoms with Gasteiger partial charge >= 0.3 is 0 Å². The average molecular weight is 291 g/mol. The first-order chi connectivity index (χ1) is 10.0. The standard InChI is InChI=1S/C16H25N3O2/c1-5-17-15(20)12-19(6-2)13(3)16(21)18(4)14-10-8-7-9-11-14/h7-11,13H,5-6,12H2,1-4H3,(H,17,20)/t13-/m1/s1. The third kappa shape index (κ3) is 4.86. The maximum absolute atomic E-state index is 12.5. The smallest absolute Gasteiger partial charge is 0.243 e. The number of amides is 2. The van der Waals surface area contributed by atoms with Gasteiger partial charge in [0.05, 0.1) is 12.6 Å². The highest BCUT2D eigenvalue weighted by Gasteiger charge is 2.25. The summed E-state index contributed by atoms with van der Waals surface area (Å²) >= 11 is 0. The second-order valence-corrected chi connectivity index (χ2v) is 4.93. The molecule has 1 N–H and O–H groups in total. The van der Waals surface area contributed by atoms with Gasteiger partial charge in [-0.05, 0) is 32.5 Å². The molecule has 0 aliphatic carbocycles. The Labute approximate surface area is 126 Å². The molecule has 1 aromatic carbocycles. The van der Waals surface area contributed by atoms with Crippen LogP contribution in [0.5, 0.6) is 0 Å². The van der Waals surface area contributed by atoms with Crippen molar-refractivity contribution in [3.8, 4) is 0 Å². The Morgan fingerprint density at radius 2 is 1.81 bits per heavy atom. The summed E-state index contributed by atoms with van der Waals surface area (Å²) in [6, 6.07) is 9.16. The van der Waals surface area contributed by atoms with Crippen molar-refractivity contribution in [2.45, 2.75) is 26.8 Å². The minimum absolute atomic E-state index is 0.0210. The van der Waals surface area contributed by atoms with Gasteiger partial charge in [-0.2, -0.15) is 0 Å². The number of hydrogen-bond donors (Lipinski definition) is 1. The zero-order chi connectivity index (χ0) is 15.8. The zero-order valence-electron chi connectivity index (χ0n) is 13.3. The van der Waals surface area contributed by atoms with Gasteiger partial charge in [-0.25, -0.2) is 0 Å². The number of carbonyl (C=O) groups is 2. The van der Waals surface area contributed by atoms with E-state index in [1.807, 2.05) is 56.0 Å². The van der Waals surface area contributed by atoms with Crippen LogP contribution >= 0.6 is 0 Å². The van der Waals surface area contributed by atoms with Crippen molar-refractivity contribution in [2.75, 3.05) is 31.6 Å². The van der Waals surface area contributed by atoms with Crippen LogP contribution in [0.25, 0.3) is 0 Å². The highest BCUT2D eigenvalue weighted by molar-refractivity contribution is 5.96. The Hall–Kier alpha value is -1.88. The lowest BCUT2D eigenvalue weighted by atomic mass is 10.2. The summed E-state index contributed by atoms with van der Waals surface area (Å²) < 4.78 is 0. The number of likely N-dealkylation sites (N-methyl/N-ethyl adjacent to an activating group) is 3. The summed E-state index contributed by atoms with van der Waals surface area (Å²) in [5.74, 6) is -0.0753. The van der Waals surface area contributed by atoms with Gasteiger partial charge in [-0.1, -0.05) is 25.1 Å². The average Bonchev–Trinajstić information content (AvgIpc) is 2.51. The molecule has 0 saturated heterocycles. The van der Waals surface area contributed by atoms with Gasteiger partial charge in [0.15, 0.2) is 0 Å². The summed E-state index contributed by atoms with van der Waals surface area (Å²) in [5.41, 5.74) is 0.850. The first kappa shape index (κ1) is 17.2. The summed E-state index contributed by atoms with van der Waals surface area (Å²) in [6.45, 7) is 7.15. The minimum Gasteiger partial charge on any atom is -0.355 e. The van der Waals surface area contributed by atoms with Crippen LogP contribution in [0, 0.1) is 0 Å². The Bertz CT molecular complexity index is 462. The lowest BCUT2D eigenvalue weighted by molar-refractivity contribution is -0.126. The molecule has 0 fully saturated rings. The number of nitrogens with one attached hydrogen (secondary N) is 1. The highest BCUT2D eigenvalue weighted by atomic mass is 16.2.